The van der Waals surface area contributed by atoms with E-state index in [1.54, 1.807) is 12.4 Å². The highest BCUT2D eigenvalue weighted by Gasteiger charge is 2.15. The molecule has 2 heteroatoms. The van der Waals surface area contributed by atoms with Crippen molar-refractivity contribution >= 4 is 0 Å². The molecule has 1 aromatic heterocycles. The molecule has 1 aromatic rings. The van der Waals surface area contributed by atoms with Crippen LogP contribution in [0.15, 0.2) is 12.4 Å². The van der Waals surface area contributed by atoms with Gasteiger partial charge in [0.05, 0.1) is 11.4 Å². The van der Waals surface area contributed by atoms with Crippen LogP contribution >= 0.6 is 0 Å². The largest absolute Gasteiger partial charge is 0.257 e. The van der Waals surface area contributed by atoms with E-state index in [4.69, 9.17) is 0 Å². The fourth-order valence-electron chi connectivity index (χ4n) is 1.51. The van der Waals surface area contributed by atoms with E-state index in [9.17, 15) is 0 Å². The minimum atomic E-state index is 0.521. The van der Waals surface area contributed by atoms with E-state index >= 15 is 0 Å². The molecule has 0 radical (unpaired) electrons. The third-order valence-corrected chi connectivity index (χ3v) is 2.91. The standard InChI is InChI=1S/C12H20N2/c1-5-9(3)11-12(10(4)6-2)14-8-7-13-11/h7-10H,5-6H2,1-4H3. The van der Waals surface area contributed by atoms with Crippen LogP contribution in [0.4, 0.5) is 0 Å². The Morgan fingerprint density at radius 2 is 1.29 bits per heavy atom. The molecule has 2 atom stereocenters. The normalized spacial score (nSPS) is 15.1. The SMILES string of the molecule is CCC(C)c1nccnc1C(C)CC. The van der Waals surface area contributed by atoms with Gasteiger partial charge in [0.2, 0.25) is 0 Å². The maximum Gasteiger partial charge on any atom is 0.0649 e. The van der Waals surface area contributed by atoms with Gasteiger partial charge in [-0.3, -0.25) is 9.97 Å². The third kappa shape index (κ3) is 2.31. The lowest BCUT2D eigenvalue weighted by Crippen LogP contribution is -2.06. The van der Waals surface area contributed by atoms with Crippen molar-refractivity contribution in [2.45, 2.75) is 52.4 Å². The van der Waals surface area contributed by atoms with Gasteiger partial charge in [0, 0.05) is 12.4 Å². The first kappa shape index (κ1) is 11.2. The van der Waals surface area contributed by atoms with Crippen LogP contribution in [0.2, 0.25) is 0 Å². The molecule has 1 rings (SSSR count). The maximum atomic E-state index is 4.46. The molecule has 0 N–H and O–H groups in total. The van der Waals surface area contributed by atoms with Crippen LogP contribution in [0.1, 0.15) is 63.8 Å². The Labute approximate surface area is 86.8 Å². The van der Waals surface area contributed by atoms with Crippen molar-refractivity contribution in [1.82, 2.24) is 9.97 Å². The molecule has 0 bridgehead atoms. The van der Waals surface area contributed by atoms with E-state index in [2.05, 4.69) is 37.7 Å². The molecule has 78 valence electrons. The minimum absolute atomic E-state index is 0.521. The summed E-state index contributed by atoms with van der Waals surface area (Å²) in [7, 11) is 0. The van der Waals surface area contributed by atoms with Crippen LogP contribution in [0, 0.1) is 0 Å². The first-order valence-electron chi connectivity index (χ1n) is 5.51. The van der Waals surface area contributed by atoms with Crippen LogP contribution < -0.4 is 0 Å². The van der Waals surface area contributed by atoms with E-state index < -0.39 is 0 Å². The van der Waals surface area contributed by atoms with E-state index in [1.807, 2.05) is 0 Å². The van der Waals surface area contributed by atoms with Crippen LogP contribution in [-0.2, 0) is 0 Å². The second kappa shape index (κ2) is 5.08. The predicted octanol–water partition coefficient (Wildman–Crippen LogP) is 3.50. The highest BCUT2D eigenvalue weighted by Crippen LogP contribution is 2.25. The van der Waals surface area contributed by atoms with Gasteiger partial charge in [0.25, 0.3) is 0 Å². The third-order valence-electron chi connectivity index (χ3n) is 2.91. The fourth-order valence-corrected chi connectivity index (χ4v) is 1.51. The van der Waals surface area contributed by atoms with Crippen molar-refractivity contribution in [3.63, 3.8) is 0 Å². The lowest BCUT2D eigenvalue weighted by Gasteiger charge is -2.16. The highest BCUT2D eigenvalue weighted by atomic mass is 14.8. The topological polar surface area (TPSA) is 25.8 Å². The molecule has 0 saturated heterocycles. The van der Waals surface area contributed by atoms with Gasteiger partial charge in [-0.15, -0.1) is 0 Å². The average Bonchev–Trinajstić information content (AvgIpc) is 2.27. The molecule has 14 heavy (non-hydrogen) atoms. The molecule has 0 saturated carbocycles. The summed E-state index contributed by atoms with van der Waals surface area (Å²) in [4.78, 5) is 8.91. The molecular formula is C12H20N2. The second-order valence-corrected chi connectivity index (χ2v) is 3.95. The van der Waals surface area contributed by atoms with Crippen molar-refractivity contribution in [3.05, 3.63) is 23.8 Å². The smallest absolute Gasteiger partial charge is 0.0649 e. The predicted molar refractivity (Wildman–Crippen MR) is 59.4 cm³/mol. The van der Waals surface area contributed by atoms with Crippen molar-refractivity contribution < 1.29 is 0 Å². The zero-order valence-corrected chi connectivity index (χ0v) is 9.62. The molecule has 0 aromatic carbocycles. The molecular weight excluding hydrogens is 172 g/mol. The molecule has 0 amide bonds. The molecule has 2 unspecified atom stereocenters. The van der Waals surface area contributed by atoms with Crippen molar-refractivity contribution in [1.29, 1.82) is 0 Å². The summed E-state index contributed by atoms with van der Waals surface area (Å²) in [5, 5.41) is 0. The van der Waals surface area contributed by atoms with Gasteiger partial charge in [-0.1, -0.05) is 27.7 Å². The maximum absolute atomic E-state index is 4.46. The quantitative estimate of drug-likeness (QED) is 0.729. The van der Waals surface area contributed by atoms with Gasteiger partial charge in [-0.05, 0) is 24.7 Å². The van der Waals surface area contributed by atoms with Gasteiger partial charge in [0.15, 0.2) is 0 Å². The van der Waals surface area contributed by atoms with Crippen molar-refractivity contribution in [2.75, 3.05) is 0 Å². The Balaban J connectivity index is 3.02. The molecule has 0 spiro atoms. The van der Waals surface area contributed by atoms with Crippen LogP contribution in [-0.4, -0.2) is 9.97 Å². The molecule has 0 aliphatic carbocycles. The van der Waals surface area contributed by atoms with Gasteiger partial charge in [-0.2, -0.15) is 0 Å². The van der Waals surface area contributed by atoms with Crippen molar-refractivity contribution in [3.8, 4) is 0 Å². The number of hydrogen-bond acceptors (Lipinski definition) is 2. The van der Waals surface area contributed by atoms with Gasteiger partial charge < -0.3 is 0 Å². The summed E-state index contributed by atoms with van der Waals surface area (Å²) in [5.41, 5.74) is 2.37. The Kier molecular flexibility index (Phi) is 4.05. The second-order valence-electron chi connectivity index (χ2n) is 3.95. The van der Waals surface area contributed by atoms with E-state index in [0.717, 1.165) is 12.8 Å². The highest BCUT2D eigenvalue weighted by molar-refractivity contribution is 5.18. The van der Waals surface area contributed by atoms with E-state index in [0.29, 0.717) is 11.8 Å². The summed E-state index contributed by atoms with van der Waals surface area (Å²) < 4.78 is 0. The molecule has 1 heterocycles. The van der Waals surface area contributed by atoms with E-state index in [1.165, 1.54) is 11.4 Å². The Bertz CT molecular complexity index is 254. The summed E-state index contributed by atoms with van der Waals surface area (Å²) in [6, 6.07) is 0. The molecule has 0 fully saturated rings. The Morgan fingerprint density at radius 1 is 0.929 bits per heavy atom. The molecule has 0 aliphatic rings. The van der Waals surface area contributed by atoms with Gasteiger partial charge >= 0.3 is 0 Å². The van der Waals surface area contributed by atoms with Crippen LogP contribution in [0.25, 0.3) is 0 Å². The fraction of sp³-hybridized carbons (Fsp3) is 0.667. The molecule has 0 aliphatic heterocycles. The summed E-state index contributed by atoms with van der Waals surface area (Å²) >= 11 is 0. The van der Waals surface area contributed by atoms with Crippen molar-refractivity contribution in [2.24, 2.45) is 0 Å². The number of hydrogen-bond donors (Lipinski definition) is 0. The summed E-state index contributed by atoms with van der Waals surface area (Å²) in [6.07, 6.45) is 5.85. The number of rotatable bonds is 4. The zero-order valence-electron chi connectivity index (χ0n) is 9.62. The van der Waals surface area contributed by atoms with E-state index in [-0.39, 0.29) is 0 Å². The number of aromatic nitrogens is 2. The summed E-state index contributed by atoms with van der Waals surface area (Å²) in [5.74, 6) is 1.04. The first-order valence-corrected chi connectivity index (χ1v) is 5.51. The zero-order chi connectivity index (χ0) is 10.6. The average molecular weight is 192 g/mol. The summed E-state index contributed by atoms with van der Waals surface area (Å²) in [6.45, 7) is 8.82. The number of nitrogens with zero attached hydrogens (tertiary/aromatic N) is 2. The Hall–Kier alpha value is -0.920. The van der Waals surface area contributed by atoms with Gasteiger partial charge in [0.1, 0.15) is 0 Å². The Morgan fingerprint density at radius 3 is 1.57 bits per heavy atom. The minimum Gasteiger partial charge on any atom is -0.257 e. The lowest BCUT2D eigenvalue weighted by atomic mass is 9.95. The monoisotopic (exact) mass is 192 g/mol. The first-order chi connectivity index (χ1) is 6.70. The molecule has 2 nitrogen and oxygen atoms in total. The van der Waals surface area contributed by atoms with Crippen LogP contribution in [0.3, 0.4) is 0 Å². The van der Waals surface area contributed by atoms with Gasteiger partial charge in [-0.25, -0.2) is 0 Å². The van der Waals surface area contributed by atoms with Crippen LogP contribution in [0.5, 0.6) is 0 Å². The lowest BCUT2D eigenvalue weighted by molar-refractivity contribution is 0.636.